The molecule has 1 rings (SSSR count). The van der Waals surface area contributed by atoms with Crippen LogP contribution in [0.1, 0.15) is 32.3 Å². The number of hydrogen-bond acceptors (Lipinski definition) is 7. The van der Waals surface area contributed by atoms with Gasteiger partial charge in [0.1, 0.15) is 12.3 Å². The zero-order valence-corrected chi connectivity index (χ0v) is 16.3. The van der Waals surface area contributed by atoms with E-state index >= 15 is 0 Å². The minimum atomic E-state index is -0.787. The number of rotatable bonds is 13. The van der Waals surface area contributed by atoms with Gasteiger partial charge in [-0.1, -0.05) is 50.6 Å². The van der Waals surface area contributed by atoms with Gasteiger partial charge in [-0.15, -0.1) is 0 Å². The Morgan fingerprint density at radius 3 is 2.65 bits per heavy atom. The molecular formula is C18H28N3O4S-. The van der Waals surface area contributed by atoms with Gasteiger partial charge in [-0.3, -0.25) is 9.63 Å². The summed E-state index contributed by atoms with van der Waals surface area (Å²) < 4.78 is 0. The van der Waals surface area contributed by atoms with Gasteiger partial charge in [0.05, 0.1) is 12.6 Å². The predicted molar refractivity (Wildman–Crippen MR) is 104 cm³/mol. The Morgan fingerprint density at radius 2 is 2.08 bits per heavy atom. The van der Waals surface area contributed by atoms with Gasteiger partial charge in [-0.05, 0) is 29.9 Å². The Balaban J connectivity index is 2.61. The van der Waals surface area contributed by atoms with Gasteiger partial charge in [0.15, 0.2) is 0 Å². The molecule has 0 radical (unpaired) electrons. The molecule has 0 fully saturated rings. The van der Waals surface area contributed by atoms with Gasteiger partial charge >= 0.3 is 0 Å². The second kappa shape index (κ2) is 12.8. The maximum Gasteiger partial charge on any atom is 0.239 e. The summed E-state index contributed by atoms with van der Waals surface area (Å²) in [5.41, 5.74) is 3.39. The molecule has 3 atom stereocenters. The largest absolute Gasteiger partial charge is 0.748 e. The van der Waals surface area contributed by atoms with Crippen molar-refractivity contribution in [3.8, 4) is 0 Å². The molecule has 0 aliphatic rings. The molecule has 26 heavy (non-hydrogen) atoms. The summed E-state index contributed by atoms with van der Waals surface area (Å²) in [6.07, 6.45) is 3.90. The molecule has 0 heterocycles. The Kier molecular flexibility index (Phi) is 11.1. The van der Waals surface area contributed by atoms with Crippen molar-refractivity contribution in [3.63, 3.8) is 0 Å². The molecule has 0 saturated carbocycles. The number of benzene rings is 1. The van der Waals surface area contributed by atoms with Crippen molar-refractivity contribution in [2.75, 3.05) is 12.0 Å². The van der Waals surface area contributed by atoms with Crippen LogP contribution in [0.2, 0.25) is 0 Å². The van der Waals surface area contributed by atoms with E-state index in [1.807, 2.05) is 50.4 Å². The third kappa shape index (κ3) is 8.29. The second-order valence-corrected chi connectivity index (χ2v) is 7.03. The standard InChI is InChI=1S/C18H28N3O4S/c1-4-14(2)17(18(23)19-16(12-22)10-11-26-3)20-21(24)25-13-15-8-6-5-7-9-15/h5-9,12,14,16-17,20H,4,10-11,13H2,1-3H3,(H,19,23)/q-1. The fraction of sp³-hybridized carbons (Fsp3) is 0.556. The van der Waals surface area contributed by atoms with Gasteiger partial charge in [-0.25, -0.2) is 5.43 Å². The van der Waals surface area contributed by atoms with Gasteiger partial charge in [0.2, 0.25) is 5.91 Å². The predicted octanol–water partition coefficient (Wildman–Crippen LogP) is 2.27. The van der Waals surface area contributed by atoms with E-state index in [2.05, 4.69) is 10.7 Å². The van der Waals surface area contributed by atoms with Crippen LogP contribution in [0.3, 0.4) is 0 Å². The van der Waals surface area contributed by atoms with Crippen molar-refractivity contribution < 1.29 is 14.4 Å². The van der Waals surface area contributed by atoms with E-state index in [4.69, 9.17) is 4.84 Å². The number of hydrogen-bond donors (Lipinski definition) is 2. The van der Waals surface area contributed by atoms with Crippen LogP contribution in [0.4, 0.5) is 0 Å². The Bertz CT molecular complexity index is 532. The van der Waals surface area contributed by atoms with Crippen LogP contribution in [0.25, 0.3) is 0 Å². The first-order valence-electron chi connectivity index (χ1n) is 8.66. The highest BCUT2D eigenvalue weighted by Gasteiger charge is 2.26. The van der Waals surface area contributed by atoms with Crippen LogP contribution >= 0.6 is 11.8 Å². The zero-order valence-electron chi connectivity index (χ0n) is 15.5. The van der Waals surface area contributed by atoms with Gasteiger partial charge < -0.3 is 15.3 Å². The molecule has 2 N–H and O–H groups in total. The van der Waals surface area contributed by atoms with Crippen molar-refractivity contribution in [2.24, 2.45) is 5.92 Å². The number of carbonyl (C=O) groups is 2. The quantitative estimate of drug-likeness (QED) is 0.399. The lowest BCUT2D eigenvalue weighted by molar-refractivity contribution is -0.181. The van der Waals surface area contributed by atoms with Crippen LogP contribution in [-0.2, 0) is 21.0 Å². The van der Waals surface area contributed by atoms with E-state index in [1.165, 1.54) is 0 Å². The van der Waals surface area contributed by atoms with Crippen LogP contribution in [0.15, 0.2) is 30.3 Å². The Labute approximate surface area is 159 Å². The summed E-state index contributed by atoms with van der Waals surface area (Å²) in [6.45, 7) is 3.88. The van der Waals surface area contributed by atoms with Crippen LogP contribution in [0.5, 0.6) is 0 Å². The molecule has 0 bridgehead atoms. The van der Waals surface area contributed by atoms with Crippen LogP contribution in [-0.4, -0.2) is 41.6 Å². The average Bonchev–Trinajstić information content (AvgIpc) is 2.67. The number of amides is 1. The van der Waals surface area contributed by atoms with Crippen LogP contribution < -0.4 is 10.7 Å². The van der Waals surface area contributed by atoms with E-state index in [9.17, 15) is 14.8 Å². The molecule has 3 unspecified atom stereocenters. The summed E-state index contributed by atoms with van der Waals surface area (Å²) in [5.74, 6) is 0.264. The molecule has 8 heteroatoms. The smallest absolute Gasteiger partial charge is 0.239 e. The first-order valence-corrected chi connectivity index (χ1v) is 10.1. The molecule has 7 nitrogen and oxygen atoms in total. The first kappa shape index (κ1) is 22.6. The highest BCUT2D eigenvalue weighted by Crippen LogP contribution is 2.10. The SMILES string of the molecule is CCC(C)C(NN([O-])OCc1ccccc1)C(=O)NC(C=O)CCSC. The Morgan fingerprint density at radius 1 is 1.38 bits per heavy atom. The molecule has 1 aromatic rings. The number of thioether (sulfide) groups is 1. The van der Waals surface area contributed by atoms with Crippen molar-refractivity contribution in [1.82, 2.24) is 16.1 Å². The summed E-state index contributed by atoms with van der Waals surface area (Å²) >= 11 is 1.60. The molecular weight excluding hydrogens is 354 g/mol. The number of nitrogens with one attached hydrogen (secondary N) is 2. The summed E-state index contributed by atoms with van der Waals surface area (Å²) in [7, 11) is 0. The fourth-order valence-electron chi connectivity index (χ4n) is 2.23. The van der Waals surface area contributed by atoms with E-state index in [0.29, 0.717) is 12.8 Å². The normalized spacial score (nSPS) is 14.7. The van der Waals surface area contributed by atoms with Crippen molar-refractivity contribution in [1.29, 1.82) is 0 Å². The molecule has 1 amide bonds. The van der Waals surface area contributed by atoms with Gasteiger partial charge in [0.25, 0.3) is 0 Å². The zero-order chi connectivity index (χ0) is 19.4. The lowest BCUT2D eigenvalue weighted by Crippen LogP contribution is -2.55. The van der Waals surface area contributed by atoms with E-state index in [0.717, 1.165) is 17.6 Å². The fourth-order valence-corrected chi connectivity index (χ4v) is 2.72. The molecule has 0 saturated heterocycles. The third-order valence-electron chi connectivity index (χ3n) is 4.06. The van der Waals surface area contributed by atoms with E-state index < -0.39 is 12.1 Å². The van der Waals surface area contributed by atoms with Gasteiger partial charge in [0, 0.05) is 0 Å². The maximum atomic E-state index is 12.5. The molecule has 0 aliphatic heterocycles. The number of carbonyl (C=O) groups excluding carboxylic acids is 2. The molecule has 0 aromatic heterocycles. The van der Waals surface area contributed by atoms with E-state index in [1.54, 1.807) is 11.8 Å². The highest BCUT2D eigenvalue weighted by molar-refractivity contribution is 7.98. The van der Waals surface area contributed by atoms with E-state index in [-0.39, 0.29) is 23.8 Å². The van der Waals surface area contributed by atoms with Gasteiger partial charge in [-0.2, -0.15) is 17.1 Å². The van der Waals surface area contributed by atoms with Crippen molar-refractivity contribution in [3.05, 3.63) is 41.1 Å². The molecule has 0 spiro atoms. The summed E-state index contributed by atoms with van der Waals surface area (Å²) in [4.78, 5) is 28.8. The molecule has 0 aliphatic carbocycles. The molecule has 1 aromatic carbocycles. The monoisotopic (exact) mass is 382 g/mol. The number of aldehydes is 1. The minimum absolute atomic E-state index is 0.0941. The second-order valence-electron chi connectivity index (χ2n) is 6.04. The topological polar surface area (TPSA) is 93.7 Å². The number of nitrogens with zero attached hydrogens (tertiary/aromatic N) is 1. The lowest BCUT2D eigenvalue weighted by Gasteiger charge is -2.34. The Hall–Kier alpha value is -1.45. The average molecular weight is 383 g/mol. The summed E-state index contributed by atoms with van der Waals surface area (Å²) in [5, 5.41) is 14.9. The third-order valence-corrected chi connectivity index (χ3v) is 4.70. The highest BCUT2D eigenvalue weighted by atomic mass is 32.2. The first-order chi connectivity index (χ1) is 12.5. The van der Waals surface area contributed by atoms with Crippen molar-refractivity contribution in [2.45, 2.75) is 45.4 Å². The summed E-state index contributed by atoms with van der Waals surface area (Å²) in [6, 6.07) is 7.91. The van der Waals surface area contributed by atoms with Crippen molar-refractivity contribution >= 4 is 24.0 Å². The molecule has 146 valence electrons. The van der Waals surface area contributed by atoms with Crippen LogP contribution in [0, 0.1) is 11.1 Å². The minimum Gasteiger partial charge on any atom is -0.748 e. The number of hydrazine groups is 1. The maximum absolute atomic E-state index is 12.5. The lowest BCUT2D eigenvalue weighted by atomic mass is 9.98.